The molecule has 0 aromatic carbocycles. The van der Waals surface area contributed by atoms with Crippen LogP contribution in [-0.4, -0.2) is 91.0 Å². The number of anilines is 1. The van der Waals surface area contributed by atoms with Crippen molar-refractivity contribution in [1.29, 1.82) is 0 Å². The summed E-state index contributed by atoms with van der Waals surface area (Å²) in [6, 6.07) is 1.70. The molecular formula is C17H25N5O3. The van der Waals surface area contributed by atoms with E-state index >= 15 is 0 Å². The molecule has 4 rings (SSSR count). The van der Waals surface area contributed by atoms with Gasteiger partial charge >= 0.3 is 0 Å². The van der Waals surface area contributed by atoms with Crippen LogP contribution in [0, 0.1) is 0 Å². The third-order valence-electron chi connectivity index (χ3n) is 5.27. The molecule has 1 aromatic rings. The van der Waals surface area contributed by atoms with Crippen LogP contribution in [0.1, 0.15) is 23.3 Å². The average molecular weight is 347 g/mol. The van der Waals surface area contributed by atoms with E-state index in [4.69, 9.17) is 9.47 Å². The SMILES string of the molecule is CN1CCN(c2nccc(C(=O)N3CCC4(CC3)OCCO4)n2)CC1. The fraction of sp³-hybridized carbons (Fsp3) is 0.706. The van der Waals surface area contributed by atoms with Gasteiger partial charge in [0.05, 0.1) is 13.2 Å². The molecule has 3 saturated heterocycles. The number of carbonyl (C=O) groups is 1. The van der Waals surface area contributed by atoms with E-state index < -0.39 is 5.79 Å². The smallest absolute Gasteiger partial charge is 0.272 e. The van der Waals surface area contributed by atoms with Gasteiger partial charge in [0, 0.05) is 58.3 Å². The number of hydrogen-bond acceptors (Lipinski definition) is 7. The predicted molar refractivity (Wildman–Crippen MR) is 91.5 cm³/mol. The molecule has 0 saturated carbocycles. The number of aromatic nitrogens is 2. The number of rotatable bonds is 2. The minimum Gasteiger partial charge on any atom is -0.347 e. The average Bonchev–Trinajstić information content (AvgIpc) is 3.10. The van der Waals surface area contributed by atoms with Crippen molar-refractivity contribution >= 4 is 11.9 Å². The van der Waals surface area contributed by atoms with Crippen molar-refractivity contribution in [3.05, 3.63) is 18.0 Å². The van der Waals surface area contributed by atoms with Gasteiger partial charge in [-0.15, -0.1) is 0 Å². The van der Waals surface area contributed by atoms with Gasteiger partial charge in [0.15, 0.2) is 5.79 Å². The van der Waals surface area contributed by atoms with Gasteiger partial charge in [0.25, 0.3) is 5.91 Å². The number of nitrogens with zero attached hydrogens (tertiary/aromatic N) is 5. The number of piperazine rings is 1. The fourth-order valence-electron chi connectivity index (χ4n) is 3.62. The monoisotopic (exact) mass is 347 g/mol. The molecule has 0 unspecified atom stereocenters. The normalized spacial score (nSPS) is 24.0. The molecule has 1 amide bonds. The lowest BCUT2D eigenvalue weighted by Crippen LogP contribution is -2.47. The number of carbonyl (C=O) groups excluding carboxylic acids is 1. The Morgan fingerprint density at radius 1 is 1.08 bits per heavy atom. The molecule has 0 aliphatic carbocycles. The van der Waals surface area contributed by atoms with Crippen molar-refractivity contribution in [1.82, 2.24) is 19.8 Å². The Hall–Kier alpha value is -1.77. The van der Waals surface area contributed by atoms with E-state index in [-0.39, 0.29) is 5.91 Å². The van der Waals surface area contributed by atoms with Crippen LogP contribution in [0.2, 0.25) is 0 Å². The number of ether oxygens (including phenoxy) is 2. The molecule has 4 heterocycles. The molecule has 0 atom stereocenters. The summed E-state index contributed by atoms with van der Waals surface area (Å²) in [6.07, 6.45) is 3.12. The van der Waals surface area contributed by atoms with E-state index in [1.807, 2.05) is 4.90 Å². The molecule has 3 aliphatic heterocycles. The summed E-state index contributed by atoms with van der Waals surface area (Å²) in [4.78, 5) is 28.0. The van der Waals surface area contributed by atoms with E-state index in [1.165, 1.54) is 0 Å². The minimum absolute atomic E-state index is 0.0365. The molecule has 0 radical (unpaired) electrons. The Balaban J connectivity index is 1.41. The molecule has 136 valence electrons. The standard InChI is InChI=1S/C17H25N5O3/c1-20-8-10-22(11-9-20)16-18-5-2-14(19-16)15(23)21-6-3-17(4-7-21)24-12-13-25-17/h2,5H,3-4,6-13H2,1H3. The first-order chi connectivity index (χ1) is 12.2. The van der Waals surface area contributed by atoms with Crippen LogP contribution in [0.4, 0.5) is 5.95 Å². The Labute approximate surface area is 147 Å². The maximum absolute atomic E-state index is 12.8. The highest BCUT2D eigenvalue weighted by Gasteiger charge is 2.41. The maximum atomic E-state index is 12.8. The first-order valence-corrected chi connectivity index (χ1v) is 8.99. The van der Waals surface area contributed by atoms with E-state index in [2.05, 4.69) is 26.8 Å². The third-order valence-corrected chi connectivity index (χ3v) is 5.27. The Morgan fingerprint density at radius 2 is 1.76 bits per heavy atom. The molecule has 0 N–H and O–H groups in total. The number of amides is 1. The first-order valence-electron chi connectivity index (χ1n) is 8.99. The van der Waals surface area contributed by atoms with E-state index in [9.17, 15) is 4.79 Å². The quantitative estimate of drug-likeness (QED) is 0.757. The molecule has 1 spiro atoms. The van der Waals surface area contributed by atoms with Crippen LogP contribution in [0.15, 0.2) is 12.3 Å². The van der Waals surface area contributed by atoms with Crippen LogP contribution in [0.3, 0.4) is 0 Å². The molecule has 8 nitrogen and oxygen atoms in total. The first kappa shape index (κ1) is 16.7. The Bertz CT molecular complexity index is 616. The number of hydrogen-bond donors (Lipinski definition) is 0. The second kappa shape index (κ2) is 6.86. The van der Waals surface area contributed by atoms with Crippen molar-refractivity contribution in [3.63, 3.8) is 0 Å². The number of piperidine rings is 1. The second-order valence-electron chi connectivity index (χ2n) is 6.93. The van der Waals surface area contributed by atoms with Crippen LogP contribution in [-0.2, 0) is 9.47 Å². The van der Waals surface area contributed by atoms with E-state index in [0.29, 0.717) is 37.9 Å². The molecular weight excluding hydrogens is 322 g/mol. The zero-order chi connectivity index (χ0) is 17.3. The van der Waals surface area contributed by atoms with Crippen LogP contribution in [0.5, 0.6) is 0 Å². The topological polar surface area (TPSA) is 71.0 Å². The summed E-state index contributed by atoms with van der Waals surface area (Å²) in [6.45, 7) is 6.29. The van der Waals surface area contributed by atoms with Crippen LogP contribution >= 0.6 is 0 Å². The lowest BCUT2D eigenvalue weighted by Gasteiger charge is -2.37. The highest BCUT2D eigenvalue weighted by atomic mass is 16.7. The summed E-state index contributed by atoms with van der Waals surface area (Å²) in [5.74, 6) is 0.147. The molecule has 3 aliphatic rings. The van der Waals surface area contributed by atoms with Gasteiger partial charge < -0.3 is 24.2 Å². The predicted octanol–water partition coefficient (Wildman–Crippen LogP) is 0.208. The summed E-state index contributed by atoms with van der Waals surface area (Å²) >= 11 is 0. The highest BCUT2D eigenvalue weighted by Crippen LogP contribution is 2.31. The van der Waals surface area contributed by atoms with Gasteiger partial charge in [-0.1, -0.05) is 0 Å². The number of likely N-dealkylation sites (tertiary alicyclic amines) is 1. The van der Waals surface area contributed by atoms with Crippen LogP contribution in [0.25, 0.3) is 0 Å². The summed E-state index contributed by atoms with van der Waals surface area (Å²) in [7, 11) is 2.11. The third kappa shape index (κ3) is 3.47. The largest absolute Gasteiger partial charge is 0.347 e. The van der Waals surface area contributed by atoms with Gasteiger partial charge in [-0.05, 0) is 13.1 Å². The summed E-state index contributed by atoms with van der Waals surface area (Å²) in [5.41, 5.74) is 0.466. The van der Waals surface area contributed by atoms with Gasteiger partial charge in [0.1, 0.15) is 5.69 Å². The molecule has 25 heavy (non-hydrogen) atoms. The van der Waals surface area contributed by atoms with Crippen molar-refractivity contribution in [3.8, 4) is 0 Å². The fourth-order valence-corrected chi connectivity index (χ4v) is 3.62. The van der Waals surface area contributed by atoms with Crippen LogP contribution < -0.4 is 4.90 Å². The Morgan fingerprint density at radius 3 is 2.44 bits per heavy atom. The lowest BCUT2D eigenvalue weighted by atomic mass is 10.0. The summed E-state index contributed by atoms with van der Waals surface area (Å²) in [5, 5.41) is 0. The lowest BCUT2D eigenvalue weighted by molar-refractivity contribution is -0.181. The van der Waals surface area contributed by atoms with Gasteiger partial charge in [-0.3, -0.25) is 4.79 Å². The van der Waals surface area contributed by atoms with Crippen molar-refractivity contribution in [2.24, 2.45) is 0 Å². The highest BCUT2D eigenvalue weighted by molar-refractivity contribution is 5.92. The zero-order valence-electron chi connectivity index (χ0n) is 14.7. The zero-order valence-corrected chi connectivity index (χ0v) is 14.7. The van der Waals surface area contributed by atoms with Crippen molar-refractivity contribution < 1.29 is 14.3 Å². The molecule has 1 aromatic heterocycles. The van der Waals surface area contributed by atoms with Gasteiger partial charge in [-0.25, -0.2) is 9.97 Å². The maximum Gasteiger partial charge on any atom is 0.272 e. The van der Waals surface area contributed by atoms with Crippen molar-refractivity contribution in [2.75, 3.05) is 64.4 Å². The van der Waals surface area contributed by atoms with Gasteiger partial charge in [0.2, 0.25) is 5.95 Å². The summed E-state index contributed by atoms with van der Waals surface area (Å²) < 4.78 is 11.5. The molecule has 8 heteroatoms. The number of likely N-dealkylation sites (N-methyl/N-ethyl adjacent to an activating group) is 1. The minimum atomic E-state index is -0.465. The second-order valence-corrected chi connectivity index (χ2v) is 6.93. The van der Waals surface area contributed by atoms with E-state index in [0.717, 1.165) is 39.0 Å². The van der Waals surface area contributed by atoms with Crippen molar-refractivity contribution in [2.45, 2.75) is 18.6 Å². The Kier molecular flexibility index (Phi) is 4.58. The van der Waals surface area contributed by atoms with E-state index in [1.54, 1.807) is 12.3 Å². The molecule has 3 fully saturated rings. The molecule has 0 bridgehead atoms. The van der Waals surface area contributed by atoms with Gasteiger partial charge in [-0.2, -0.15) is 0 Å².